The summed E-state index contributed by atoms with van der Waals surface area (Å²) in [4.78, 5) is 0. The topological polar surface area (TPSA) is 47.7 Å². The smallest absolute Gasteiger partial charge is 0.0538 e. The Morgan fingerprint density at radius 1 is 1.41 bits per heavy atom. The van der Waals surface area contributed by atoms with Crippen molar-refractivity contribution < 1.29 is 0 Å². The van der Waals surface area contributed by atoms with Crippen LogP contribution in [0, 0.1) is 0 Å². The molecule has 0 saturated carbocycles. The number of nitrogens with zero attached hydrogens (tertiary/aromatic N) is 4. The predicted molar refractivity (Wildman–Crippen MR) is 67.2 cm³/mol. The van der Waals surface area contributed by atoms with Crippen molar-refractivity contribution in [2.75, 3.05) is 6.54 Å². The van der Waals surface area contributed by atoms with Crippen LogP contribution in [0.4, 0.5) is 0 Å². The maximum Gasteiger partial charge on any atom is 0.0538 e. The van der Waals surface area contributed by atoms with Crippen LogP contribution in [0.15, 0.2) is 37.4 Å². The molecule has 2 aromatic rings. The summed E-state index contributed by atoms with van der Waals surface area (Å²) in [6, 6.07) is 1.94. The molecule has 17 heavy (non-hydrogen) atoms. The number of hydrogen-bond donors (Lipinski definition) is 1. The fourth-order valence-corrected chi connectivity index (χ4v) is 1.60. The molecule has 1 N–H and O–H groups in total. The van der Waals surface area contributed by atoms with Gasteiger partial charge in [0.05, 0.1) is 6.20 Å². The molecule has 0 aliphatic rings. The summed E-state index contributed by atoms with van der Waals surface area (Å²) in [6.07, 6.45) is 10.3. The van der Waals surface area contributed by atoms with Crippen molar-refractivity contribution in [2.45, 2.75) is 19.5 Å². The van der Waals surface area contributed by atoms with E-state index in [0.717, 1.165) is 26.1 Å². The lowest BCUT2D eigenvalue weighted by atomic mass is 10.3. The van der Waals surface area contributed by atoms with Gasteiger partial charge in [-0.25, -0.2) is 4.68 Å². The lowest BCUT2D eigenvalue weighted by Crippen LogP contribution is -2.16. The zero-order chi connectivity index (χ0) is 11.9. The molecule has 2 aromatic heterocycles. The zero-order valence-corrected chi connectivity index (χ0v) is 9.79. The molecule has 0 atom stereocenters. The van der Waals surface area contributed by atoms with Gasteiger partial charge in [-0.15, -0.1) is 0 Å². The summed E-state index contributed by atoms with van der Waals surface area (Å²) < 4.78 is 3.65. The van der Waals surface area contributed by atoms with E-state index in [1.807, 2.05) is 29.3 Å². The standard InChI is InChI=1S/C12H17N5/c1-2-16-11-12(10-15-16)9-13-5-3-7-17-8-4-6-14-17/h2,4,6,8,10-11,13H,1,3,5,7,9H2. The molecule has 0 radical (unpaired) electrons. The van der Waals surface area contributed by atoms with Crippen LogP contribution in [0.2, 0.25) is 0 Å². The molecule has 0 fully saturated rings. The first-order valence-corrected chi connectivity index (χ1v) is 5.72. The highest BCUT2D eigenvalue weighted by Crippen LogP contribution is 1.97. The fraction of sp³-hybridized carbons (Fsp3) is 0.333. The number of hydrogen-bond acceptors (Lipinski definition) is 3. The van der Waals surface area contributed by atoms with Crippen LogP contribution in [-0.2, 0) is 13.1 Å². The molecule has 2 rings (SSSR count). The largest absolute Gasteiger partial charge is 0.312 e. The number of aryl methyl sites for hydroxylation is 1. The molecule has 0 bridgehead atoms. The molecule has 0 unspecified atom stereocenters. The van der Waals surface area contributed by atoms with Crippen LogP contribution in [-0.4, -0.2) is 26.1 Å². The van der Waals surface area contributed by atoms with Gasteiger partial charge in [-0.05, 0) is 19.0 Å². The van der Waals surface area contributed by atoms with E-state index in [1.165, 1.54) is 5.56 Å². The highest BCUT2D eigenvalue weighted by Gasteiger charge is 1.96. The number of nitrogens with one attached hydrogen (secondary N) is 1. The minimum absolute atomic E-state index is 0.840. The van der Waals surface area contributed by atoms with Crippen LogP contribution >= 0.6 is 0 Å². The molecule has 0 aliphatic carbocycles. The van der Waals surface area contributed by atoms with Crippen LogP contribution < -0.4 is 5.32 Å². The minimum Gasteiger partial charge on any atom is -0.312 e. The number of aromatic nitrogens is 4. The average Bonchev–Trinajstić information content (AvgIpc) is 2.99. The van der Waals surface area contributed by atoms with E-state index >= 15 is 0 Å². The summed E-state index contributed by atoms with van der Waals surface area (Å²) in [5.41, 5.74) is 1.17. The van der Waals surface area contributed by atoms with E-state index in [2.05, 4.69) is 22.1 Å². The van der Waals surface area contributed by atoms with Crippen molar-refractivity contribution in [2.24, 2.45) is 0 Å². The third-order valence-electron chi connectivity index (χ3n) is 2.47. The molecule has 90 valence electrons. The maximum atomic E-state index is 4.15. The van der Waals surface area contributed by atoms with Gasteiger partial charge in [-0.3, -0.25) is 4.68 Å². The highest BCUT2D eigenvalue weighted by molar-refractivity contribution is 5.17. The summed E-state index contributed by atoms with van der Waals surface area (Å²) in [5, 5.41) is 11.6. The Balaban J connectivity index is 1.61. The highest BCUT2D eigenvalue weighted by atomic mass is 15.3. The molecule has 5 nitrogen and oxygen atoms in total. The van der Waals surface area contributed by atoms with Crippen molar-refractivity contribution in [3.05, 3.63) is 43.0 Å². The van der Waals surface area contributed by atoms with Gasteiger partial charge in [0.2, 0.25) is 0 Å². The first-order valence-electron chi connectivity index (χ1n) is 5.72. The van der Waals surface area contributed by atoms with Crippen LogP contribution in [0.1, 0.15) is 12.0 Å². The van der Waals surface area contributed by atoms with E-state index in [1.54, 1.807) is 17.1 Å². The summed E-state index contributed by atoms with van der Waals surface area (Å²) >= 11 is 0. The summed E-state index contributed by atoms with van der Waals surface area (Å²) in [5.74, 6) is 0. The van der Waals surface area contributed by atoms with Crippen molar-refractivity contribution in [1.29, 1.82) is 0 Å². The Hall–Kier alpha value is -1.88. The van der Waals surface area contributed by atoms with Gasteiger partial charge in [0, 0.05) is 43.4 Å². The second-order valence-electron chi connectivity index (χ2n) is 3.81. The normalized spacial score (nSPS) is 10.6. The maximum absolute atomic E-state index is 4.15. The Labute approximate surface area is 101 Å². The molecule has 0 saturated heterocycles. The quantitative estimate of drug-likeness (QED) is 0.732. The van der Waals surface area contributed by atoms with Gasteiger partial charge in [0.15, 0.2) is 0 Å². The van der Waals surface area contributed by atoms with E-state index < -0.39 is 0 Å². The van der Waals surface area contributed by atoms with Gasteiger partial charge < -0.3 is 5.32 Å². The lowest BCUT2D eigenvalue weighted by Gasteiger charge is -2.03. The van der Waals surface area contributed by atoms with E-state index in [0.29, 0.717) is 0 Å². The van der Waals surface area contributed by atoms with Crippen molar-refractivity contribution in [3.63, 3.8) is 0 Å². The summed E-state index contributed by atoms with van der Waals surface area (Å²) in [6.45, 7) is 6.41. The molecule has 2 heterocycles. The van der Waals surface area contributed by atoms with E-state index in [-0.39, 0.29) is 0 Å². The number of rotatable bonds is 7. The second-order valence-corrected chi connectivity index (χ2v) is 3.81. The Morgan fingerprint density at radius 2 is 2.35 bits per heavy atom. The van der Waals surface area contributed by atoms with Crippen LogP contribution in [0.3, 0.4) is 0 Å². The van der Waals surface area contributed by atoms with Gasteiger partial charge in [-0.1, -0.05) is 6.58 Å². The van der Waals surface area contributed by atoms with Gasteiger partial charge >= 0.3 is 0 Å². The predicted octanol–water partition coefficient (Wildman–Crippen LogP) is 1.36. The van der Waals surface area contributed by atoms with Crippen molar-refractivity contribution in [3.8, 4) is 0 Å². The first-order chi connectivity index (χ1) is 8.38. The van der Waals surface area contributed by atoms with E-state index in [9.17, 15) is 0 Å². The third-order valence-corrected chi connectivity index (χ3v) is 2.47. The molecule has 0 spiro atoms. The van der Waals surface area contributed by atoms with Crippen molar-refractivity contribution in [1.82, 2.24) is 24.9 Å². The molecule has 0 aliphatic heterocycles. The SMILES string of the molecule is C=Cn1cc(CNCCCn2cccn2)cn1. The Morgan fingerprint density at radius 3 is 3.06 bits per heavy atom. The Bertz CT molecular complexity index is 443. The van der Waals surface area contributed by atoms with Gasteiger partial charge in [-0.2, -0.15) is 10.2 Å². The average molecular weight is 231 g/mol. The molecule has 0 aromatic carbocycles. The Kier molecular flexibility index (Phi) is 4.10. The molecule has 0 amide bonds. The zero-order valence-electron chi connectivity index (χ0n) is 9.79. The van der Waals surface area contributed by atoms with Crippen LogP contribution in [0.5, 0.6) is 0 Å². The first kappa shape index (κ1) is 11.6. The molecular formula is C12H17N5. The van der Waals surface area contributed by atoms with Crippen molar-refractivity contribution >= 4 is 6.20 Å². The summed E-state index contributed by atoms with van der Waals surface area (Å²) in [7, 11) is 0. The monoisotopic (exact) mass is 231 g/mol. The lowest BCUT2D eigenvalue weighted by molar-refractivity contribution is 0.543. The minimum atomic E-state index is 0.840. The molecular weight excluding hydrogens is 214 g/mol. The third kappa shape index (κ3) is 3.57. The van der Waals surface area contributed by atoms with Gasteiger partial charge in [0.25, 0.3) is 0 Å². The van der Waals surface area contributed by atoms with Gasteiger partial charge in [0.1, 0.15) is 0 Å². The fourth-order valence-electron chi connectivity index (χ4n) is 1.60. The second kappa shape index (κ2) is 6.00. The molecule has 5 heteroatoms. The van der Waals surface area contributed by atoms with Crippen LogP contribution in [0.25, 0.3) is 6.20 Å². The van der Waals surface area contributed by atoms with E-state index in [4.69, 9.17) is 0 Å².